The lowest BCUT2D eigenvalue weighted by molar-refractivity contribution is -0.136. The van der Waals surface area contributed by atoms with Gasteiger partial charge in [0.05, 0.1) is 54.8 Å². The van der Waals surface area contributed by atoms with Crippen molar-refractivity contribution in [2.75, 3.05) is 32.2 Å². The number of imidazole rings is 2. The van der Waals surface area contributed by atoms with Crippen LogP contribution in [0, 0.1) is 17.3 Å². The zero-order valence-corrected chi connectivity index (χ0v) is 40.7. The maximum absolute atomic E-state index is 14.0. The Labute approximate surface area is 403 Å². The molecule has 3 saturated heterocycles. The molecule has 0 bridgehead atoms. The number of H-pyrrole nitrogens is 2. The highest BCUT2D eigenvalue weighted by Gasteiger charge is 2.47. The summed E-state index contributed by atoms with van der Waals surface area (Å²) in [4.78, 5) is 76.2. The highest BCUT2D eigenvalue weighted by Crippen LogP contribution is 2.50. The fourth-order valence-corrected chi connectivity index (χ4v) is 11.0. The summed E-state index contributed by atoms with van der Waals surface area (Å²) in [6.07, 6.45) is 8.98. The summed E-state index contributed by atoms with van der Waals surface area (Å²) in [5, 5.41) is 5.50. The quantitative estimate of drug-likeness (QED) is 0.0887. The van der Waals surface area contributed by atoms with Crippen LogP contribution in [-0.2, 0) is 25.5 Å². The number of likely N-dealkylation sites (tertiary alicyclic amines) is 2. The van der Waals surface area contributed by atoms with E-state index in [9.17, 15) is 19.2 Å². The Bertz CT molecular complexity index is 2700. The Balaban J connectivity index is 0.995. The number of anilines is 1. The van der Waals surface area contributed by atoms with Gasteiger partial charge in [-0.05, 0) is 111 Å². The monoisotopic (exact) mass is 940 g/mol. The summed E-state index contributed by atoms with van der Waals surface area (Å²) in [7, 11) is 2.60. The van der Waals surface area contributed by atoms with E-state index in [0.717, 1.165) is 95.3 Å². The van der Waals surface area contributed by atoms with E-state index >= 15 is 0 Å². The van der Waals surface area contributed by atoms with E-state index in [1.54, 1.807) is 0 Å². The Hall–Kier alpha value is -6.84. The van der Waals surface area contributed by atoms with E-state index in [-0.39, 0.29) is 53.2 Å². The number of nitrogens with zero attached hydrogens (tertiary/aromatic N) is 5. The number of hydrogen-bond acceptors (Lipinski definition) is 10. The van der Waals surface area contributed by atoms with Crippen molar-refractivity contribution in [2.24, 2.45) is 17.3 Å². The molecule has 4 amide bonds. The van der Waals surface area contributed by atoms with Crippen molar-refractivity contribution < 1.29 is 33.4 Å². The number of amides is 4. The van der Waals surface area contributed by atoms with Crippen molar-refractivity contribution in [3.8, 4) is 11.5 Å². The molecule has 3 fully saturated rings. The lowest BCUT2D eigenvalue weighted by atomic mass is 9.74. The molecule has 9 rings (SSSR count). The summed E-state index contributed by atoms with van der Waals surface area (Å²) in [6, 6.07) is 22.8. The second-order valence-electron chi connectivity index (χ2n) is 19.9. The van der Waals surface area contributed by atoms with Gasteiger partial charge in [0.25, 0.3) is 0 Å². The van der Waals surface area contributed by atoms with Gasteiger partial charge in [-0.15, -0.1) is 0 Å². The number of carbonyl (C=O) groups is 4. The van der Waals surface area contributed by atoms with Gasteiger partial charge in [-0.3, -0.25) is 9.59 Å². The number of alkyl carbamates (subject to hydrolysis) is 2. The predicted octanol–water partition coefficient (Wildman–Crippen LogP) is 9.15. The minimum atomic E-state index is -0.717. The summed E-state index contributed by atoms with van der Waals surface area (Å²) >= 11 is 0. The zero-order valence-electron chi connectivity index (χ0n) is 40.7. The Morgan fingerprint density at radius 1 is 0.710 bits per heavy atom. The van der Waals surface area contributed by atoms with Gasteiger partial charge in [0.1, 0.15) is 35.2 Å². The minimum absolute atomic E-state index is 0.0214. The third kappa shape index (κ3) is 9.49. The van der Waals surface area contributed by atoms with Gasteiger partial charge in [-0.1, -0.05) is 65.0 Å². The van der Waals surface area contributed by atoms with Crippen LogP contribution >= 0.6 is 0 Å². The van der Waals surface area contributed by atoms with Crippen molar-refractivity contribution in [2.45, 2.75) is 116 Å². The zero-order chi connectivity index (χ0) is 48.6. The first-order valence-electron chi connectivity index (χ1n) is 24.4. The summed E-state index contributed by atoms with van der Waals surface area (Å²) in [6.45, 7) is 11.2. The van der Waals surface area contributed by atoms with E-state index in [1.807, 2.05) is 80.0 Å². The lowest BCUT2D eigenvalue weighted by Crippen LogP contribution is -2.51. The molecule has 0 spiro atoms. The van der Waals surface area contributed by atoms with Crippen LogP contribution in [0.2, 0.25) is 0 Å². The summed E-state index contributed by atoms with van der Waals surface area (Å²) in [5.41, 5.74) is 5.58. The molecule has 0 saturated carbocycles. The summed E-state index contributed by atoms with van der Waals surface area (Å²) < 4.78 is 15.9. The van der Waals surface area contributed by atoms with Crippen molar-refractivity contribution >= 4 is 46.8 Å². The van der Waals surface area contributed by atoms with Crippen molar-refractivity contribution in [1.29, 1.82) is 0 Å². The van der Waals surface area contributed by atoms with Crippen molar-refractivity contribution in [1.82, 2.24) is 40.4 Å². The molecule has 16 heteroatoms. The van der Waals surface area contributed by atoms with Crippen LogP contribution < -0.4 is 20.3 Å². The molecule has 69 heavy (non-hydrogen) atoms. The Morgan fingerprint density at radius 3 is 1.90 bits per heavy atom. The molecule has 5 aromatic rings. The van der Waals surface area contributed by atoms with Crippen LogP contribution in [0.15, 0.2) is 78.9 Å². The van der Waals surface area contributed by atoms with Crippen molar-refractivity contribution in [3.63, 3.8) is 0 Å². The maximum Gasteiger partial charge on any atom is 0.407 e. The highest BCUT2D eigenvalue weighted by molar-refractivity contribution is 5.87. The van der Waals surface area contributed by atoms with Crippen LogP contribution in [0.25, 0.3) is 17.1 Å². The molecular weight excluding hydrogens is 875 g/mol. The largest absolute Gasteiger partial charge is 0.457 e. The Kier molecular flexibility index (Phi) is 13.4. The number of hydrogen-bond donors (Lipinski definition) is 4. The molecule has 4 N–H and O–H groups in total. The van der Waals surface area contributed by atoms with Crippen LogP contribution in [0.3, 0.4) is 0 Å². The van der Waals surface area contributed by atoms with Gasteiger partial charge in [0.15, 0.2) is 0 Å². The maximum atomic E-state index is 14.0. The second-order valence-corrected chi connectivity index (χ2v) is 19.9. The molecule has 0 radical (unpaired) electrons. The number of rotatable bonds is 13. The molecule has 7 atom stereocenters. The van der Waals surface area contributed by atoms with E-state index in [4.69, 9.17) is 24.2 Å². The minimum Gasteiger partial charge on any atom is -0.457 e. The smallest absolute Gasteiger partial charge is 0.407 e. The third-order valence-electron chi connectivity index (χ3n) is 14.7. The first-order chi connectivity index (χ1) is 33.2. The van der Waals surface area contributed by atoms with Crippen LogP contribution in [-0.4, -0.2) is 99.2 Å². The van der Waals surface area contributed by atoms with E-state index in [2.05, 4.69) is 74.9 Å². The number of ether oxygens (including phenoxy) is 3. The van der Waals surface area contributed by atoms with Gasteiger partial charge >= 0.3 is 12.2 Å². The normalized spacial score (nSPS) is 23.1. The summed E-state index contributed by atoms with van der Waals surface area (Å²) in [5.74, 6) is 2.49. The van der Waals surface area contributed by atoms with Gasteiger partial charge in [0, 0.05) is 36.7 Å². The number of aromatic amines is 2. The molecule has 4 aliphatic rings. The second kappa shape index (κ2) is 19.6. The third-order valence-corrected chi connectivity index (χ3v) is 14.7. The fourth-order valence-electron chi connectivity index (χ4n) is 11.0. The molecule has 364 valence electrons. The molecule has 5 heterocycles. The number of fused-ring (bicyclic) bond motifs is 2. The van der Waals surface area contributed by atoms with Gasteiger partial charge < -0.3 is 49.5 Å². The van der Waals surface area contributed by atoms with Crippen molar-refractivity contribution in [3.05, 3.63) is 107 Å². The van der Waals surface area contributed by atoms with E-state index in [1.165, 1.54) is 14.2 Å². The number of nitrogens with one attached hydrogen (secondary N) is 4. The number of carbonyl (C=O) groups excluding carboxylic acids is 4. The lowest BCUT2D eigenvalue weighted by Gasteiger charge is -2.43. The van der Waals surface area contributed by atoms with Gasteiger partial charge in [-0.25, -0.2) is 19.6 Å². The SMILES string of the molecule is COC(=O)N[C@H](C(=O)N1CCC[C@H]1c1nc2c([nH]1)C=CC(C)([C@H]1CC[C@H](c3ccc4[nH]c([C@@H]5CCCN5C(=O)[C@@H](NC(=O)OC)C(C)C)nc4c3)N1c1ccc(Oc3ccccc3)cc1)C2)C(C)C. The average molecular weight is 940 g/mol. The van der Waals surface area contributed by atoms with Crippen LogP contribution in [0.1, 0.15) is 120 Å². The topological polar surface area (TPSA) is 187 Å². The number of aromatic nitrogens is 4. The number of methoxy groups -OCH3 is 2. The Morgan fingerprint density at radius 2 is 1.30 bits per heavy atom. The fraction of sp³-hybridized carbons (Fsp3) is 0.472. The van der Waals surface area contributed by atoms with Gasteiger partial charge in [0.2, 0.25) is 11.8 Å². The molecule has 3 aliphatic heterocycles. The average Bonchev–Trinajstić information content (AvgIpc) is 4.21. The number of benzene rings is 3. The molecular formula is C53H65N9O7. The first kappa shape index (κ1) is 47.2. The standard InChI is InChI=1S/C53H65N9O7/c1-31(2)45(58-51(65)67-6)49(63)60-27-11-15-42(60)47-54-37-22-17-33(29-39(37)56-47)41-23-24-44(62(41)34-18-20-36(21-19-34)69-35-13-9-8-10-14-35)53(5)26-25-38-40(30-53)57-48(55-38)43-16-12-28-61(43)50(64)46(32(3)4)59-52(66)68-7/h8-10,13-14,17-22,25-26,29,31-32,41-46H,11-12,15-16,23-24,27-28,30H2,1-7H3,(H,54,56)(H,55,57)(H,58,65)(H,59,66)/t41-,42+,43+,44-,45+,46+,53?/m1/s1. The predicted molar refractivity (Wildman–Crippen MR) is 262 cm³/mol. The molecule has 1 aliphatic carbocycles. The first-order valence-corrected chi connectivity index (χ1v) is 24.4. The van der Waals surface area contributed by atoms with Crippen LogP contribution in [0.5, 0.6) is 11.5 Å². The van der Waals surface area contributed by atoms with E-state index < -0.39 is 24.3 Å². The van der Waals surface area contributed by atoms with Gasteiger partial charge in [-0.2, -0.15) is 0 Å². The highest BCUT2D eigenvalue weighted by atomic mass is 16.5. The molecule has 1 unspecified atom stereocenters. The van der Waals surface area contributed by atoms with E-state index in [0.29, 0.717) is 19.5 Å². The van der Waals surface area contributed by atoms with Crippen LogP contribution in [0.4, 0.5) is 15.3 Å². The molecule has 2 aromatic heterocycles. The molecule has 16 nitrogen and oxygen atoms in total. The molecule has 3 aromatic carbocycles. The number of para-hydroxylation sites is 1.